The number of carbonyl (C=O) groups excluding carboxylic acids is 1. The van der Waals surface area contributed by atoms with Gasteiger partial charge < -0.3 is 10.1 Å². The maximum atomic E-state index is 12.8. The Morgan fingerprint density at radius 2 is 1.93 bits per heavy atom. The molecule has 3 rings (SSSR count). The van der Waals surface area contributed by atoms with Crippen molar-refractivity contribution in [1.29, 1.82) is 0 Å². The van der Waals surface area contributed by atoms with Gasteiger partial charge >= 0.3 is 0 Å². The van der Waals surface area contributed by atoms with Crippen LogP contribution in [-0.4, -0.2) is 28.3 Å². The van der Waals surface area contributed by atoms with Gasteiger partial charge in [0, 0.05) is 18.9 Å². The summed E-state index contributed by atoms with van der Waals surface area (Å²) in [6.07, 6.45) is 3.13. The molecule has 1 N–H and O–H groups in total. The van der Waals surface area contributed by atoms with Crippen LogP contribution in [-0.2, 0) is 11.3 Å². The maximum absolute atomic E-state index is 12.8. The molecule has 0 atom stereocenters. The number of methoxy groups -OCH3 is 1. The van der Waals surface area contributed by atoms with E-state index in [0.717, 1.165) is 17.3 Å². The van der Waals surface area contributed by atoms with E-state index < -0.39 is 0 Å². The van der Waals surface area contributed by atoms with Gasteiger partial charge in [-0.2, -0.15) is 0 Å². The van der Waals surface area contributed by atoms with Crippen molar-refractivity contribution < 1.29 is 9.53 Å². The molecular formula is C21H21N3O3S. The van der Waals surface area contributed by atoms with E-state index in [-0.39, 0.29) is 22.2 Å². The molecule has 1 heterocycles. The van der Waals surface area contributed by atoms with Crippen molar-refractivity contribution in [2.45, 2.75) is 18.5 Å². The molecule has 0 spiro atoms. The number of rotatable bonds is 7. The number of carbonyl (C=O) groups is 1. The summed E-state index contributed by atoms with van der Waals surface area (Å²) in [6, 6.07) is 15.2. The molecule has 0 aliphatic heterocycles. The summed E-state index contributed by atoms with van der Waals surface area (Å²) in [4.78, 5) is 29.0. The van der Waals surface area contributed by atoms with Crippen LogP contribution in [0.1, 0.15) is 11.1 Å². The van der Waals surface area contributed by atoms with Gasteiger partial charge in [0.2, 0.25) is 5.91 Å². The van der Waals surface area contributed by atoms with Crippen molar-refractivity contribution >= 4 is 17.7 Å². The molecule has 0 saturated carbocycles. The Balaban J connectivity index is 1.65. The first-order valence-corrected chi connectivity index (χ1v) is 9.73. The standard InChI is InChI=1S/C21H21N3O3S/c1-15-7-9-16(10-8-15)13-23-19(25)14-28-20-21(26)24(12-11-22-20)17-5-3-4-6-18(17)27-2/h3-12H,13-14H2,1-2H3,(H,23,25). The van der Waals surface area contributed by atoms with E-state index in [4.69, 9.17) is 4.74 Å². The summed E-state index contributed by atoms with van der Waals surface area (Å²) in [5.74, 6) is 0.548. The molecule has 1 amide bonds. The fraction of sp³-hybridized carbons (Fsp3) is 0.190. The summed E-state index contributed by atoms with van der Waals surface area (Å²) < 4.78 is 6.79. The SMILES string of the molecule is COc1ccccc1-n1ccnc(SCC(=O)NCc2ccc(C)cc2)c1=O. The van der Waals surface area contributed by atoms with Gasteiger partial charge in [-0.15, -0.1) is 0 Å². The van der Waals surface area contributed by atoms with Gasteiger partial charge in [0.05, 0.1) is 18.6 Å². The summed E-state index contributed by atoms with van der Waals surface area (Å²) in [6.45, 7) is 2.47. The lowest BCUT2D eigenvalue weighted by atomic mass is 10.1. The number of para-hydroxylation sites is 2. The van der Waals surface area contributed by atoms with Gasteiger partial charge in [-0.1, -0.05) is 53.7 Å². The molecule has 144 valence electrons. The number of benzene rings is 2. The molecule has 28 heavy (non-hydrogen) atoms. The van der Waals surface area contributed by atoms with E-state index in [2.05, 4.69) is 10.3 Å². The molecule has 0 unspecified atom stereocenters. The maximum Gasteiger partial charge on any atom is 0.287 e. The second-order valence-corrected chi connectivity index (χ2v) is 7.09. The molecule has 0 aliphatic rings. The van der Waals surface area contributed by atoms with Gasteiger partial charge in [0.15, 0.2) is 5.03 Å². The largest absolute Gasteiger partial charge is 0.495 e. The zero-order chi connectivity index (χ0) is 19.9. The van der Waals surface area contributed by atoms with Gasteiger partial charge in [0.1, 0.15) is 5.75 Å². The van der Waals surface area contributed by atoms with Gasteiger partial charge in [-0.3, -0.25) is 14.2 Å². The number of aryl methyl sites for hydroxylation is 1. The highest BCUT2D eigenvalue weighted by molar-refractivity contribution is 7.99. The molecule has 0 radical (unpaired) electrons. The first kappa shape index (κ1) is 19.7. The Bertz CT molecular complexity index is 1020. The van der Waals surface area contributed by atoms with Crippen LogP contribution in [0.25, 0.3) is 5.69 Å². The number of nitrogens with one attached hydrogen (secondary N) is 1. The third kappa shape index (κ3) is 4.80. The van der Waals surface area contributed by atoms with E-state index in [1.54, 1.807) is 31.6 Å². The molecule has 7 heteroatoms. The summed E-state index contributed by atoms with van der Waals surface area (Å²) in [5, 5.41) is 3.12. The van der Waals surface area contributed by atoms with E-state index in [0.29, 0.717) is 18.0 Å². The highest BCUT2D eigenvalue weighted by Gasteiger charge is 2.12. The van der Waals surface area contributed by atoms with Crippen LogP contribution < -0.4 is 15.6 Å². The Morgan fingerprint density at radius 3 is 2.68 bits per heavy atom. The third-order valence-electron chi connectivity index (χ3n) is 4.10. The van der Waals surface area contributed by atoms with Crippen molar-refractivity contribution in [3.8, 4) is 11.4 Å². The van der Waals surface area contributed by atoms with Gasteiger partial charge in [-0.05, 0) is 24.6 Å². The van der Waals surface area contributed by atoms with Crippen molar-refractivity contribution in [2.24, 2.45) is 0 Å². The predicted octanol–water partition coefficient (Wildman–Crippen LogP) is 2.96. The van der Waals surface area contributed by atoms with E-state index in [9.17, 15) is 9.59 Å². The van der Waals surface area contributed by atoms with Crippen LogP contribution >= 0.6 is 11.8 Å². The molecule has 3 aromatic rings. The van der Waals surface area contributed by atoms with E-state index in [1.807, 2.05) is 43.3 Å². The van der Waals surface area contributed by atoms with Crippen LogP contribution in [0.3, 0.4) is 0 Å². The highest BCUT2D eigenvalue weighted by atomic mass is 32.2. The molecule has 0 aliphatic carbocycles. The number of hydrogen-bond acceptors (Lipinski definition) is 5. The first-order chi connectivity index (χ1) is 13.6. The van der Waals surface area contributed by atoms with Crippen molar-refractivity contribution in [2.75, 3.05) is 12.9 Å². The number of nitrogens with zero attached hydrogens (tertiary/aromatic N) is 2. The molecule has 1 aromatic heterocycles. The molecule has 0 saturated heterocycles. The van der Waals surface area contributed by atoms with Crippen molar-refractivity contribution in [3.63, 3.8) is 0 Å². The second kappa shape index (κ2) is 9.23. The minimum absolute atomic E-state index is 0.115. The normalized spacial score (nSPS) is 10.5. The second-order valence-electron chi connectivity index (χ2n) is 6.13. The zero-order valence-corrected chi connectivity index (χ0v) is 16.5. The van der Waals surface area contributed by atoms with Gasteiger partial charge in [0.25, 0.3) is 5.56 Å². The lowest BCUT2D eigenvalue weighted by molar-refractivity contribution is -0.118. The van der Waals surface area contributed by atoms with Crippen LogP contribution in [0.5, 0.6) is 5.75 Å². The Morgan fingerprint density at radius 1 is 1.18 bits per heavy atom. The first-order valence-electron chi connectivity index (χ1n) is 8.74. The average molecular weight is 395 g/mol. The summed E-state index contributed by atoms with van der Waals surface area (Å²) in [7, 11) is 1.55. The number of hydrogen-bond donors (Lipinski definition) is 1. The van der Waals surface area contributed by atoms with E-state index in [1.165, 1.54) is 10.1 Å². The lowest BCUT2D eigenvalue weighted by Crippen LogP contribution is -2.26. The molecule has 0 bridgehead atoms. The Kier molecular flexibility index (Phi) is 6.49. The molecule has 6 nitrogen and oxygen atoms in total. The van der Waals surface area contributed by atoms with Crippen LogP contribution in [0.15, 0.2) is 70.7 Å². The van der Waals surface area contributed by atoms with Crippen molar-refractivity contribution in [1.82, 2.24) is 14.9 Å². The highest BCUT2D eigenvalue weighted by Crippen LogP contribution is 2.21. The molecule has 0 fully saturated rings. The Labute approximate surface area is 167 Å². The predicted molar refractivity (Wildman–Crippen MR) is 110 cm³/mol. The fourth-order valence-electron chi connectivity index (χ4n) is 2.60. The zero-order valence-electron chi connectivity index (χ0n) is 15.7. The number of thioether (sulfide) groups is 1. The van der Waals surface area contributed by atoms with Crippen LogP contribution in [0.4, 0.5) is 0 Å². The Hall–Kier alpha value is -3.06. The smallest absolute Gasteiger partial charge is 0.287 e. The van der Waals surface area contributed by atoms with Crippen molar-refractivity contribution in [3.05, 3.63) is 82.4 Å². The summed E-state index contributed by atoms with van der Waals surface area (Å²) >= 11 is 1.12. The third-order valence-corrected chi connectivity index (χ3v) is 5.06. The minimum atomic E-state index is -0.289. The average Bonchev–Trinajstić information content (AvgIpc) is 2.72. The monoisotopic (exact) mass is 395 g/mol. The van der Waals surface area contributed by atoms with E-state index >= 15 is 0 Å². The number of amides is 1. The minimum Gasteiger partial charge on any atom is -0.495 e. The topological polar surface area (TPSA) is 73.2 Å². The van der Waals surface area contributed by atoms with Crippen LogP contribution in [0, 0.1) is 6.92 Å². The molecular weight excluding hydrogens is 374 g/mol. The quantitative estimate of drug-likeness (QED) is 0.623. The van der Waals surface area contributed by atoms with Gasteiger partial charge in [-0.25, -0.2) is 4.98 Å². The van der Waals surface area contributed by atoms with Crippen LogP contribution in [0.2, 0.25) is 0 Å². The summed E-state index contributed by atoms with van der Waals surface area (Å²) in [5.41, 5.74) is 2.54. The number of ether oxygens (including phenoxy) is 1. The fourth-order valence-corrected chi connectivity index (χ4v) is 3.33. The molecule has 2 aromatic carbocycles. The lowest BCUT2D eigenvalue weighted by Gasteiger charge is -2.11. The number of aromatic nitrogens is 2.